The number of pyridine rings is 1. The van der Waals surface area contributed by atoms with Crippen LogP contribution in [0.4, 0.5) is 34.1 Å². The third-order valence-electron chi connectivity index (χ3n) is 28.9. The first-order chi connectivity index (χ1) is 67.9. The van der Waals surface area contributed by atoms with Crippen molar-refractivity contribution in [3.05, 3.63) is 423 Å². The van der Waals surface area contributed by atoms with E-state index in [1.54, 1.807) is 0 Å². The van der Waals surface area contributed by atoms with Crippen LogP contribution in [0.1, 0.15) is 33.4 Å². The summed E-state index contributed by atoms with van der Waals surface area (Å²) in [5.41, 5.74) is 43.9. The largest absolute Gasteiger partial charge is 2.00 e. The van der Waals surface area contributed by atoms with Gasteiger partial charge in [-0.15, -0.1) is 149 Å². The Bertz CT molecular complexity index is 9510. The van der Waals surface area contributed by atoms with E-state index in [4.69, 9.17) is 24.9 Å². The van der Waals surface area contributed by atoms with Crippen LogP contribution in [-0.2, 0) is 111 Å². The van der Waals surface area contributed by atoms with Gasteiger partial charge in [0.15, 0.2) is 0 Å². The SMILES string of the molecule is CN1[CH-]N(c2[c-]c(-n3c4[c-]c(-c5nc6cc7c(cc6n5C)Cc5ccccc5-7)ccc4c4cc5c(cc43)Cc3ccccc3-5)ccc2)c2ccccc21.CN1[CH-]N(c2[c-]c(-n3c4[c-]c(-c5nc6cc7c(cc6n5C)Cc5ccccc5-7)ccc4c4cccnc43)ccc2)c2ccccc21.Cn1c(-c2[c-]c(-n3c4[c-]c(-c5nc6ccccc6n5C)ccc4c4ccccc43)ccc2)nc2ccccc21.[Pt+2].[Pt].[Pt]. The molecule has 17 aromatic carbocycles. The normalized spacial score (nSPS) is 13.0. The van der Waals surface area contributed by atoms with Crippen molar-refractivity contribution in [2.24, 2.45) is 28.2 Å². The predicted molar refractivity (Wildman–Crippen MR) is 559 cm³/mol. The molecule has 141 heavy (non-hydrogen) atoms. The molecule has 19 heteroatoms. The van der Waals surface area contributed by atoms with Crippen LogP contribution in [0.3, 0.4) is 0 Å². The topological polar surface area (TPSA) is 112 Å². The Hall–Kier alpha value is -15.6. The molecule has 2 aliphatic heterocycles. The van der Waals surface area contributed by atoms with E-state index in [9.17, 15) is 0 Å². The van der Waals surface area contributed by atoms with Gasteiger partial charge in [-0.1, -0.05) is 179 Å². The first kappa shape index (κ1) is 87.0. The van der Waals surface area contributed by atoms with Crippen LogP contribution in [0.25, 0.3) is 206 Å². The summed E-state index contributed by atoms with van der Waals surface area (Å²) in [6.45, 7) is 4.25. The van der Waals surface area contributed by atoms with Crippen molar-refractivity contribution in [1.29, 1.82) is 0 Å². The molecule has 0 saturated heterocycles. The fraction of sp³-hybridized carbons (Fsp3) is 0.0738. The van der Waals surface area contributed by atoms with Crippen LogP contribution < -0.4 is 19.6 Å². The Kier molecular flexibility index (Phi) is 20.9. The minimum absolute atomic E-state index is 0. The number of fused-ring (bicyclic) bond motifs is 24. The summed E-state index contributed by atoms with van der Waals surface area (Å²) in [5, 5.41) is 6.89. The second-order valence-electron chi connectivity index (χ2n) is 36.7. The second-order valence-corrected chi connectivity index (χ2v) is 36.7. The van der Waals surface area contributed by atoms with Gasteiger partial charge in [0.25, 0.3) is 0 Å². The Morgan fingerprint density at radius 2 is 0.610 bits per heavy atom. The summed E-state index contributed by atoms with van der Waals surface area (Å²) in [5.74, 6) is 3.59. The Labute approximate surface area is 856 Å². The molecule has 0 radical (unpaired) electrons. The number of anilines is 6. The summed E-state index contributed by atoms with van der Waals surface area (Å²) < 4.78 is 15.5. The molecule has 0 spiro atoms. The summed E-state index contributed by atoms with van der Waals surface area (Å²) in [7, 11) is 12.5. The molecule has 0 amide bonds. The van der Waals surface area contributed by atoms with Gasteiger partial charge in [0, 0.05) is 110 Å². The number of hydrogen-bond donors (Lipinski definition) is 0. The van der Waals surface area contributed by atoms with Gasteiger partial charge in [-0.2, -0.15) is 25.5 Å². The van der Waals surface area contributed by atoms with E-state index in [1.807, 2.05) is 42.6 Å². The number of benzene rings is 17. The molecule has 3 aliphatic carbocycles. The van der Waals surface area contributed by atoms with Gasteiger partial charge in [-0.3, -0.25) is 19.9 Å². The van der Waals surface area contributed by atoms with Crippen molar-refractivity contribution in [3.8, 4) is 96.0 Å². The first-order valence-corrected chi connectivity index (χ1v) is 46.8. The molecule has 0 fully saturated rings. The number of para-hydroxylation sites is 9. The molecular formula is C122H82N16Pt3-6. The Balaban J connectivity index is 0.000000112. The van der Waals surface area contributed by atoms with Crippen molar-refractivity contribution in [1.82, 2.24) is 56.9 Å². The van der Waals surface area contributed by atoms with Crippen molar-refractivity contribution < 1.29 is 63.2 Å². The van der Waals surface area contributed by atoms with Crippen LogP contribution in [0.5, 0.6) is 0 Å². The summed E-state index contributed by atoms with van der Waals surface area (Å²) >= 11 is 0. The second kappa shape index (κ2) is 33.9. The van der Waals surface area contributed by atoms with Gasteiger partial charge in [0.2, 0.25) is 0 Å². The quantitative estimate of drug-likeness (QED) is 0.130. The summed E-state index contributed by atoms with van der Waals surface area (Å²) in [6.07, 6.45) is 4.70. The van der Waals surface area contributed by atoms with E-state index in [2.05, 4.69) is 441 Å². The Morgan fingerprint density at radius 1 is 0.248 bits per heavy atom. The van der Waals surface area contributed by atoms with Crippen LogP contribution in [-0.4, -0.2) is 71.0 Å². The zero-order valence-corrected chi connectivity index (χ0v) is 84.0. The maximum atomic E-state index is 5.27. The van der Waals surface area contributed by atoms with Crippen molar-refractivity contribution in [2.75, 3.05) is 33.7 Å². The number of aromatic nitrogens is 12. The van der Waals surface area contributed by atoms with E-state index in [-0.39, 0.29) is 63.2 Å². The molecule has 0 bridgehead atoms. The van der Waals surface area contributed by atoms with Gasteiger partial charge in [0.1, 0.15) is 5.65 Å². The maximum absolute atomic E-state index is 5.27. The van der Waals surface area contributed by atoms with E-state index in [0.29, 0.717) is 0 Å². The van der Waals surface area contributed by atoms with E-state index < -0.39 is 0 Å². The summed E-state index contributed by atoms with van der Waals surface area (Å²) in [4.78, 5) is 33.9. The average molecular weight is 2360 g/mol. The van der Waals surface area contributed by atoms with Gasteiger partial charge in [0.05, 0.1) is 67.4 Å². The number of nitrogens with zero attached hydrogens (tertiary/aromatic N) is 16. The third-order valence-corrected chi connectivity index (χ3v) is 28.9. The molecule has 0 saturated carbocycles. The standard InChI is InChI=1S/C48H32N5.C40H27N6.C34H23N5.3Pt/c1-50-28-52(44-17-8-7-16-43(44)50)34-12-9-13-35(25-34)53-45-22-31(18-19-38(45)41-26-39-32(23-46(41)53)20-29-10-3-5-14-36(29)39)48-49-42-27-40-33(24-47(42)51(48)2)21-30-11-4-6-15-37(30)40;1-43-24-45(36-15-6-5-14-35(36)43)28-10-7-11-29(22-28)46-37-20-26(16-17-31(37)32-13-8-18-41-40(32)46)39-42-34-23-33-27(21-38(34)44(39)2)19-25-9-3-4-12-30(25)33;1-37-30-16-7-4-13-27(30)35-33(37)22-10-9-11-24(20-22)39-29-15-6-3-12-25(29)26-19-18-23(21-32(26)39)34-36-28-14-5-8-17-31(28)38(34)2;;;/h3-19,23-24,26-28H,20-21H2,1-2H3;3-18,21,23-24H,19H2,1-2H3;3-19H,1-2H3;;;/q2*-3;-2;;;+2. The molecule has 10 heterocycles. The predicted octanol–water partition coefficient (Wildman–Crippen LogP) is 26.9. The monoisotopic (exact) mass is 2360 g/mol. The van der Waals surface area contributed by atoms with E-state index in [0.717, 1.165) is 204 Å². The fourth-order valence-electron chi connectivity index (χ4n) is 22.3. The molecule has 30 rings (SSSR count). The number of hydrogen-bond acceptors (Lipinski definition) is 9. The molecule has 16 nitrogen and oxygen atoms in total. The van der Waals surface area contributed by atoms with Crippen LogP contribution in [0.2, 0.25) is 0 Å². The van der Waals surface area contributed by atoms with Crippen molar-refractivity contribution >= 4 is 144 Å². The van der Waals surface area contributed by atoms with Gasteiger partial charge in [-0.05, 0) is 230 Å². The van der Waals surface area contributed by atoms with Gasteiger partial charge in [-0.25, -0.2) is 4.98 Å². The average Bonchev–Trinajstić information content (AvgIpc) is 1.56. The number of imidazole rings is 4. The van der Waals surface area contributed by atoms with Crippen molar-refractivity contribution in [3.63, 3.8) is 0 Å². The van der Waals surface area contributed by atoms with Gasteiger partial charge >= 0.3 is 21.1 Å². The molecule has 686 valence electrons. The minimum atomic E-state index is 0. The molecule has 0 N–H and O–H groups in total. The fourth-order valence-corrected chi connectivity index (χ4v) is 22.3. The van der Waals surface area contributed by atoms with Crippen LogP contribution in [0.15, 0.2) is 340 Å². The zero-order valence-electron chi connectivity index (χ0n) is 77.2. The number of aryl methyl sites for hydroxylation is 4. The molecule has 25 aromatic rings. The van der Waals surface area contributed by atoms with Crippen LogP contribution in [0, 0.1) is 49.7 Å². The van der Waals surface area contributed by atoms with Crippen molar-refractivity contribution in [2.45, 2.75) is 19.3 Å². The molecule has 0 unspecified atom stereocenters. The van der Waals surface area contributed by atoms with Crippen LogP contribution >= 0.6 is 0 Å². The van der Waals surface area contributed by atoms with E-state index in [1.165, 1.54) is 88.6 Å². The van der Waals surface area contributed by atoms with E-state index >= 15 is 0 Å². The molecule has 5 aliphatic rings. The molecule has 0 atom stereocenters. The summed E-state index contributed by atoms with van der Waals surface area (Å²) in [6, 6.07) is 141. The third kappa shape index (κ3) is 13.7. The maximum Gasteiger partial charge on any atom is 2.00 e. The smallest absolute Gasteiger partial charge is 0.504 e. The zero-order chi connectivity index (χ0) is 91.6. The number of rotatable bonds is 9. The first-order valence-electron chi connectivity index (χ1n) is 46.8. The molecule has 8 aromatic heterocycles. The van der Waals surface area contributed by atoms with Gasteiger partial charge < -0.3 is 51.6 Å². The Morgan fingerprint density at radius 3 is 1.11 bits per heavy atom. The molecular weight excluding hydrogens is 2270 g/mol. The minimum Gasteiger partial charge on any atom is -0.504 e.